The highest BCUT2D eigenvalue weighted by molar-refractivity contribution is 5.78. The summed E-state index contributed by atoms with van der Waals surface area (Å²) in [7, 11) is 3.20. The third kappa shape index (κ3) is 4.65. The lowest BCUT2D eigenvalue weighted by Crippen LogP contribution is -2.61. The summed E-state index contributed by atoms with van der Waals surface area (Å²) in [5, 5.41) is 9.02. The average Bonchev–Trinajstić information content (AvgIpc) is 2.70. The van der Waals surface area contributed by atoms with Crippen LogP contribution in [0.5, 0.6) is 11.5 Å². The number of benzene rings is 1. The lowest BCUT2D eigenvalue weighted by atomic mass is 9.53. The van der Waals surface area contributed by atoms with Gasteiger partial charge in [-0.3, -0.25) is 4.79 Å². The molecule has 0 heterocycles. The van der Waals surface area contributed by atoms with Gasteiger partial charge in [-0.1, -0.05) is 0 Å². The first-order chi connectivity index (χ1) is 14.5. The largest absolute Gasteiger partial charge is 0.497 e. The Bertz CT molecular complexity index is 759. The van der Waals surface area contributed by atoms with Gasteiger partial charge in [-0.15, -0.1) is 0 Å². The van der Waals surface area contributed by atoms with Gasteiger partial charge in [0, 0.05) is 30.6 Å². The van der Waals surface area contributed by atoms with Crippen molar-refractivity contribution >= 4 is 11.9 Å². The van der Waals surface area contributed by atoms with Crippen molar-refractivity contribution in [1.29, 1.82) is 0 Å². The second-order valence-electron chi connectivity index (χ2n) is 9.28. The number of amides is 3. The number of hydrogen-bond acceptors (Lipinski definition) is 4. The molecule has 4 saturated carbocycles. The highest BCUT2D eigenvalue weighted by atomic mass is 16.5. The average molecular weight is 416 g/mol. The van der Waals surface area contributed by atoms with E-state index in [4.69, 9.17) is 9.47 Å². The van der Waals surface area contributed by atoms with Gasteiger partial charge in [-0.2, -0.15) is 0 Å². The maximum atomic E-state index is 12.5. The molecule has 4 bridgehead atoms. The maximum absolute atomic E-state index is 12.5. The van der Waals surface area contributed by atoms with Crippen LogP contribution in [0.4, 0.5) is 4.79 Å². The molecule has 0 unspecified atom stereocenters. The fourth-order valence-corrected chi connectivity index (χ4v) is 6.14. The van der Waals surface area contributed by atoms with Crippen LogP contribution >= 0.6 is 0 Å². The Labute approximate surface area is 178 Å². The number of carbonyl (C=O) groups is 2. The standard InChI is InChI=1S/C23H33N3O4/c1-29-19-3-4-20(30-2)18(10-19)14-25-21(27)5-6-24-22(28)26-23-11-15-7-16(12-23)9-17(8-15)13-23/h3-4,10,15-17H,5-9,11-14H2,1-2H3,(H,25,27)(H2,24,26,28). The summed E-state index contributed by atoms with van der Waals surface area (Å²) in [5.74, 6) is 3.66. The second kappa shape index (κ2) is 8.74. The summed E-state index contributed by atoms with van der Waals surface area (Å²) < 4.78 is 10.6. The van der Waals surface area contributed by atoms with Gasteiger partial charge in [0.05, 0.1) is 14.2 Å². The van der Waals surface area contributed by atoms with Gasteiger partial charge in [0.25, 0.3) is 0 Å². The second-order valence-corrected chi connectivity index (χ2v) is 9.28. The molecule has 5 rings (SSSR count). The number of nitrogens with one attached hydrogen (secondary N) is 3. The molecular formula is C23H33N3O4. The number of hydrogen-bond donors (Lipinski definition) is 3. The smallest absolute Gasteiger partial charge is 0.315 e. The Morgan fingerprint density at radius 3 is 2.27 bits per heavy atom. The first-order valence-electron chi connectivity index (χ1n) is 11.0. The molecule has 1 aromatic rings. The van der Waals surface area contributed by atoms with Gasteiger partial charge in [0.2, 0.25) is 5.91 Å². The maximum Gasteiger partial charge on any atom is 0.315 e. The molecule has 0 aromatic heterocycles. The van der Waals surface area contributed by atoms with Crippen LogP contribution in [-0.2, 0) is 11.3 Å². The van der Waals surface area contributed by atoms with Crippen LogP contribution < -0.4 is 25.4 Å². The molecule has 4 fully saturated rings. The van der Waals surface area contributed by atoms with Crippen LogP contribution in [0.25, 0.3) is 0 Å². The van der Waals surface area contributed by atoms with Crippen molar-refractivity contribution in [3.8, 4) is 11.5 Å². The minimum Gasteiger partial charge on any atom is -0.497 e. The Morgan fingerprint density at radius 1 is 1.00 bits per heavy atom. The summed E-state index contributed by atoms with van der Waals surface area (Å²) in [6.07, 6.45) is 7.64. The number of urea groups is 1. The molecule has 0 aliphatic heterocycles. The molecule has 30 heavy (non-hydrogen) atoms. The summed E-state index contributed by atoms with van der Waals surface area (Å²) in [6.45, 7) is 0.665. The van der Waals surface area contributed by atoms with Gasteiger partial charge in [-0.25, -0.2) is 4.79 Å². The van der Waals surface area contributed by atoms with Crippen molar-refractivity contribution in [2.75, 3.05) is 20.8 Å². The van der Waals surface area contributed by atoms with Crippen molar-refractivity contribution in [1.82, 2.24) is 16.0 Å². The molecule has 7 nitrogen and oxygen atoms in total. The Balaban J connectivity index is 1.19. The Kier molecular flexibility index (Phi) is 6.06. The summed E-state index contributed by atoms with van der Waals surface area (Å²) in [6, 6.07) is 5.34. The molecule has 0 radical (unpaired) electrons. The first-order valence-corrected chi connectivity index (χ1v) is 11.0. The summed E-state index contributed by atoms with van der Waals surface area (Å²) in [4.78, 5) is 24.7. The zero-order valence-corrected chi connectivity index (χ0v) is 18.0. The van der Waals surface area contributed by atoms with Crippen molar-refractivity contribution < 1.29 is 19.1 Å². The molecule has 4 aliphatic rings. The molecule has 4 aliphatic carbocycles. The molecule has 0 atom stereocenters. The van der Waals surface area contributed by atoms with E-state index in [2.05, 4.69) is 16.0 Å². The monoisotopic (exact) mass is 415 g/mol. The molecular weight excluding hydrogens is 382 g/mol. The molecule has 164 valence electrons. The predicted molar refractivity (Wildman–Crippen MR) is 113 cm³/mol. The Hall–Kier alpha value is -2.44. The van der Waals surface area contributed by atoms with Crippen molar-refractivity contribution in [3.63, 3.8) is 0 Å². The molecule has 0 saturated heterocycles. The number of ether oxygens (including phenoxy) is 2. The zero-order chi connectivity index (χ0) is 21.1. The highest BCUT2D eigenvalue weighted by Gasteiger charge is 2.51. The topological polar surface area (TPSA) is 88.7 Å². The van der Waals surface area contributed by atoms with Crippen molar-refractivity contribution in [3.05, 3.63) is 23.8 Å². The molecule has 3 amide bonds. The van der Waals surface area contributed by atoms with Crippen LogP contribution in [0, 0.1) is 17.8 Å². The van der Waals surface area contributed by atoms with E-state index in [0.29, 0.717) is 24.6 Å². The fourth-order valence-electron chi connectivity index (χ4n) is 6.14. The lowest BCUT2D eigenvalue weighted by molar-refractivity contribution is -0.121. The van der Waals surface area contributed by atoms with E-state index in [0.717, 1.165) is 42.6 Å². The van der Waals surface area contributed by atoms with Crippen LogP contribution in [0.15, 0.2) is 18.2 Å². The van der Waals surface area contributed by atoms with Crippen LogP contribution in [0.3, 0.4) is 0 Å². The van der Waals surface area contributed by atoms with Gasteiger partial charge >= 0.3 is 6.03 Å². The van der Waals surface area contributed by atoms with Crippen LogP contribution in [-0.4, -0.2) is 38.2 Å². The van der Waals surface area contributed by atoms with E-state index in [-0.39, 0.29) is 23.9 Å². The van der Waals surface area contributed by atoms with E-state index in [9.17, 15) is 9.59 Å². The van der Waals surface area contributed by atoms with E-state index in [1.165, 1.54) is 19.3 Å². The normalized spacial score (nSPS) is 28.7. The van der Waals surface area contributed by atoms with E-state index >= 15 is 0 Å². The minimum atomic E-state index is -0.140. The Morgan fingerprint density at radius 2 is 1.67 bits per heavy atom. The minimum absolute atomic E-state index is 0.00991. The van der Waals surface area contributed by atoms with E-state index in [1.807, 2.05) is 18.2 Å². The van der Waals surface area contributed by atoms with Crippen molar-refractivity contribution in [2.45, 2.75) is 57.0 Å². The molecule has 3 N–H and O–H groups in total. The third-order valence-corrected chi connectivity index (χ3v) is 7.02. The first kappa shape index (κ1) is 20.8. The fraction of sp³-hybridized carbons (Fsp3) is 0.652. The molecule has 1 aromatic carbocycles. The lowest BCUT2D eigenvalue weighted by Gasteiger charge is -2.56. The summed E-state index contributed by atoms with van der Waals surface area (Å²) in [5.41, 5.74) is 0.835. The van der Waals surface area contributed by atoms with E-state index < -0.39 is 0 Å². The summed E-state index contributed by atoms with van der Waals surface area (Å²) >= 11 is 0. The van der Waals surface area contributed by atoms with Crippen molar-refractivity contribution in [2.24, 2.45) is 17.8 Å². The SMILES string of the molecule is COc1ccc(OC)c(CNC(=O)CCNC(=O)NC23CC4CC(CC(C4)C2)C3)c1. The zero-order valence-electron chi connectivity index (χ0n) is 18.0. The van der Waals surface area contributed by atoms with Crippen LogP contribution in [0.1, 0.15) is 50.5 Å². The van der Waals surface area contributed by atoms with Gasteiger partial charge in [0.15, 0.2) is 0 Å². The number of methoxy groups -OCH3 is 2. The highest BCUT2D eigenvalue weighted by Crippen LogP contribution is 2.55. The number of rotatable bonds is 8. The molecule has 0 spiro atoms. The number of carbonyl (C=O) groups excluding carboxylic acids is 2. The van der Waals surface area contributed by atoms with Crippen LogP contribution in [0.2, 0.25) is 0 Å². The van der Waals surface area contributed by atoms with Gasteiger partial charge in [-0.05, 0) is 74.5 Å². The van der Waals surface area contributed by atoms with Gasteiger partial charge in [0.1, 0.15) is 11.5 Å². The van der Waals surface area contributed by atoms with Gasteiger partial charge < -0.3 is 25.4 Å². The predicted octanol–water partition coefficient (Wildman–Crippen LogP) is 2.98. The molecule has 7 heteroatoms. The van der Waals surface area contributed by atoms with E-state index in [1.54, 1.807) is 14.2 Å². The third-order valence-electron chi connectivity index (χ3n) is 7.02. The quantitative estimate of drug-likeness (QED) is 0.609.